The third-order valence-corrected chi connectivity index (χ3v) is 3.29. The number of carbonyl (C=O) groups is 1. The zero-order chi connectivity index (χ0) is 12.4. The summed E-state index contributed by atoms with van der Waals surface area (Å²) in [6.45, 7) is 5.56. The summed E-state index contributed by atoms with van der Waals surface area (Å²) in [5.41, 5.74) is 3.25. The lowest BCUT2D eigenvalue weighted by atomic mass is 10.1. The number of aryl methyl sites for hydroxylation is 2. The van der Waals surface area contributed by atoms with Gasteiger partial charge in [0.15, 0.2) is 5.13 Å². The van der Waals surface area contributed by atoms with Crippen molar-refractivity contribution in [1.82, 2.24) is 4.98 Å². The average Bonchev–Trinajstić information content (AvgIpc) is 2.59. The maximum atomic E-state index is 11.0. The van der Waals surface area contributed by atoms with Crippen molar-refractivity contribution in [1.29, 1.82) is 0 Å². The van der Waals surface area contributed by atoms with E-state index in [-0.39, 0.29) is 5.91 Å². The molecule has 0 saturated heterocycles. The van der Waals surface area contributed by atoms with Crippen LogP contribution >= 0.6 is 11.3 Å². The molecule has 0 radical (unpaired) electrons. The van der Waals surface area contributed by atoms with Gasteiger partial charge in [-0.3, -0.25) is 4.79 Å². The molecule has 3 nitrogen and oxygen atoms in total. The van der Waals surface area contributed by atoms with Crippen molar-refractivity contribution in [3.05, 3.63) is 34.7 Å². The number of hydrogen-bond donors (Lipinski definition) is 1. The molecule has 0 aliphatic carbocycles. The second kappa shape index (κ2) is 4.67. The van der Waals surface area contributed by atoms with Gasteiger partial charge in [-0.1, -0.05) is 29.8 Å². The van der Waals surface area contributed by atoms with Gasteiger partial charge in [0.1, 0.15) is 0 Å². The number of aromatic nitrogens is 1. The summed E-state index contributed by atoms with van der Waals surface area (Å²) in [7, 11) is 0. The van der Waals surface area contributed by atoms with Crippen LogP contribution in [0.1, 0.15) is 17.4 Å². The van der Waals surface area contributed by atoms with Gasteiger partial charge in [-0.05, 0) is 13.8 Å². The van der Waals surface area contributed by atoms with Gasteiger partial charge >= 0.3 is 0 Å². The molecule has 17 heavy (non-hydrogen) atoms. The highest BCUT2D eigenvalue weighted by molar-refractivity contribution is 7.16. The second-order valence-electron chi connectivity index (χ2n) is 3.97. The second-order valence-corrected chi connectivity index (χ2v) is 5.17. The standard InChI is InChI=1S/C13H14N2OS/c1-8-4-6-11(7-5-8)12-9(2)17-13(15-12)14-10(3)16/h4-7H,1-3H3,(H,14,15,16). The van der Waals surface area contributed by atoms with E-state index in [1.54, 1.807) is 0 Å². The Balaban J connectivity index is 2.35. The maximum Gasteiger partial charge on any atom is 0.223 e. The number of anilines is 1. The lowest BCUT2D eigenvalue weighted by molar-refractivity contribution is -0.114. The van der Waals surface area contributed by atoms with E-state index in [2.05, 4.69) is 41.5 Å². The number of amides is 1. The van der Waals surface area contributed by atoms with Crippen LogP contribution in [0.15, 0.2) is 24.3 Å². The number of nitrogens with one attached hydrogen (secondary N) is 1. The van der Waals surface area contributed by atoms with Gasteiger partial charge in [0.2, 0.25) is 5.91 Å². The Kier molecular flexibility index (Phi) is 3.24. The first-order chi connectivity index (χ1) is 8.06. The minimum Gasteiger partial charge on any atom is -0.302 e. The Labute approximate surface area is 105 Å². The van der Waals surface area contributed by atoms with Crippen molar-refractivity contribution in [2.75, 3.05) is 5.32 Å². The first-order valence-corrected chi connectivity index (χ1v) is 6.20. The fraction of sp³-hybridized carbons (Fsp3) is 0.231. The molecule has 1 N–H and O–H groups in total. The van der Waals surface area contributed by atoms with Crippen molar-refractivity contribution in [3.63, 3.8) is 0 Å². The predicted molar refractivity (Wildman–Crippen MR) is 71.3 cm³/mol. The molecule has 0 fully saturated rings. The summed E-state index contributed by atoms with van der Waals surface area (Å²) in [5.74, 6) is -0.0887. The monoisotopic (exact) mass is 246 g/mol. The molecule has 88 valence electrons. The summed E-state index contributed by atoms with van der Waals surface area (Å²) in [5, 5.41) is 3.37. The molecule has 1 aromatic carbocycles. The fourth-order valence-corrected chi connectivity index (χ4v) is 2.46. The van der Waals surface area contributed by atoms with Gasteiger partial charge in [-0.25, -0.2) is 4.98 Å². The number of thiazole rings is 1. The minimum absolute atomic E-state index is 0.0887. The molecule has 0 bridgehead atoms. The van der Waals surface area contributed by atoms with Gasteiger partial charge < -0.3 is 5.32 Å². The molecule has 4 heteroatoms. The SMILES string of the molecule is CC(=O)Nc1nc(-c2ccc(C)cc2)c(C)s1. The number of rotatable bonds is 2. The topological polar surface area (TPSA) is 42.0 Å². The molecule has 0 spiro atoms. The van der Waals surface area contributed by atoms with Gasteiger partial charge in [0.05, 0.1) is 5.69 Å². The van der Waals surface area contributed by atoms with E-state index in [1.165, 1.54) is 23.8 Å². The molecule has 0 aliphatic heterocycles. The Morgan fingerprint density at radius 2 is 1.88 bits per heavy atom. The summed E-state index contributed by atoms with van der Waals surface area (Å²) in [6, 6.07) is 8.22. The van der Waals surface area contributed by atoms with Crippen LogP contribution in [-0.2, 0) is 4.79 Å². The van der Waals surface area contributed by atoms with E-state index in [1.807, 2.05) is 6.92 Å². The first kappa shape index (κ1) is 11.8. The summed E-state index contributed by atoms with van der Waals surface area (Å²) >= 11 is 1.50. The smallest absolute Gasteiger partial charge is 0.223 e. The van der Waals surface area contributed by atoms with Crippen molar-refractivity contribution in [2.24, 2.45) is 0 Å². The number of nitrogens with zero attached hydrogens (tertiary/aromatic N) is 1. The van der Waals surface area contributed by atoms with Crippen LogP contribution in [0.4, 0.5) is 5.13 Å². The predicted octanol–water partition coefficient (Wildman–Crippen LogP) is 3.39. The molecular weight excluding hydrogens is 232 g/mol. The van der Waals surface area contributed by atoms with Crippen LogP contribution < -0.4 is 5.32 Å². The van der Waals surface area contributed by atoms with E-state index in [4.69, 9.17) is 0 Å². The van der Waals surface area contributed by atoms with Crippen molar-refractivity contribution >= 4 is 22.4 Å². The van der Waals surface area contributed by atoms with E-state index >= 15 is 0 Å². The quantitative estimate of drug-likeness (QED) is 0.882. The minimum atomic E-state index is -0.0887. The van der Waals surface area contributed by atoms with Gasteiger partial charge in [-0.15, -0.1) is 11.3 Å². The molecule has 1 heterocycles. The zero-order valence-electron chi connectivity index (χ0n) is 10.1. The van der Waals surface area contributed by atoms with E-state index in [0.717, 1.165) is 16.1 Å². The Bertz CT molecular complexity index is 543. The van der Waals surface area contributed by atoms with E-state index < -0.39 is 0 Å². The number of carbonyl (C=O) groups excluding carboxylic acids is 1. The molecule has 1 amide bonds. The number of benzene rings is 1. The highest BCUT2D eigenvalue weighted by Gasteiger charge is 2.10. The molecule has 0 atom stereocenters. The third kappa shape index (κ3) is 2.71. The molecule has 2 aromatic rings. The first-order valence-electron chi connectivity index (χ1n) is 5.38. The molecule has 0 saturated carbocycles. The van der Waals surface area contributed by atoms with E-state index in [9.17, 15) is 4.79 Å². The zero-order valence-corrected chi connectivity index (χ0v) is 10.9. The molecule has 0 unspecified atom stereocenters. The van der Waals surface area contributed by atoms with Crippen LogP contribution in [0.25, 0.3) is 11.3 Å². The maximum absolute atomic E-state index is 11.0. The van der Waals surface area contributed by atoms with Crippen molar-refractivity contribution in [3.8, 4) is 11.3 Å². The van der Waals surface area contributed by atoms with Crippen molar-refractivity contribution < 1.29 is 4.79 Å². The fourth-order valence-electron chi connectivity index (χ4n) is 1.58. The van der Waals surface area contributed by atoms with Gasteiger partial charge in [0, 0.05) is 17.4 Å². The van der Waals surface area contributed by atoms with Crippen LogP contribution in [0, 0.1) is 13.8 Å². The lowest BCUT2D eigenvalue weighted by Crippen LogP contribution is -2.04. The van der Waals surface area contributed by atoms with Gasteiger partial charge in [0.25, 0.3) is 0 Å². The highest BCUT2D eigenvalue weighted by atomic mass is 32.1. The van der Waals surface area contributed by atoms with Crippen molar-refractivity contribution in [2.45, 2.75) is 20.8 Å². The Hall–Kier alpha value is -1.68. The van der Waals surface area contributed by atoms with Crippen LogP contribution in [0.2, 0.25) is 0 Å². The average molecular weight is 246 g/mol. The molecular formula is C13H14N2OS. The number of hydrogen-bond acceptors (Lipinski definition) is 3. The summed E-state index contributed by atoms with van der Waals surface area (Å²) < 4.78 is 0. The normalized spacial score (nSPS) is 10.3. The summed E-state index contributed by atoms with van der Waals surface area (Å²) in [6.07, 6.45) is 0. The van der Waals surface area contributed by atoms with Crippen LogP contribution in [0.3, 0.4) is 0 Å². The molecule has 2 rings (SSSR count). The van der Waals surface area contributed by atoms with Crippen LogP contribution in [0.5, 0.6) is 0 Å². The molecule has 0 aliphatic rings. The largest absolute Gasteiger partial charge is 0.302 e. The van der Waals surface area contributed by atoms with Crippen LogP contribution in [-0.4, -0.2) is 10.9 Å². The Morgan fingerprint density at radius 3 is 2.47 bits per heavy atom. The Morgan fingerprint density at radius 1 is 1.24 bits per heavy atom. The highest BCUT2D eigenvalue weighted by Crippen LogP contribution is 2.30. The molecule has 1 aromatic heterocycles. The third-order valence-electron chi connectivity index (χ3n) is 2.40. The summed E-state index contributed by atoms with van der Waals surface area (Å²) in [4.78, 5) is 16.5. The lowest BCUT2D eigenvalue weighted by Gasteiger charge is -1.99. The van der Waals surface area contributed by atoms with E-state index in [0.29, 0.717) is 5.13 Å². The van der Waals surface area contributed by atoms with Gasteiger partial charge in [-0.2, -0.15) is 0 Å².